The van der Waals surface area contributed by atoms with E-state index in [0.29, 0.717) is 9.47 Å². The number of amides is 1. The average Bonchev–Trinajstić information content (AvgIpc) is 2.90. The maximum Gasteiger partial charge on any atom is 0.237 e. The molecule has 0 aliphatic heterocycles. The summed E-state index contributed by atoms with van der Waals surface area (Å²) in [6, 6.07) is 3.40. The first-order valence-electron chi connectivity index (χ1n) is 5.94. The minimum atomic E-state index is -0.811. The smallest absolute Gasteiger partial charge is 0.237 e. The van der Waals surface area contributed by atoms with Crippen molar-refractivity contribution in [1.82, 2.24) is 10.2 Å². The van der Waals surface area contributed by atoms with Crippen molar-refractivity contribution in [1.29, 1.82) is 0 Å². The van der Waals surface area contributed by atoms with Gasteiger partial charge in [0, 0.05) is 7.05 Å². The zero-order valence-electron chi connectivity index (χ0n) is 11.2. The molecule has 2 rings (SSSR count). The lowest BCUT2D eigenvalue weighted by atomic mass is 10.3. The minimum absolute atomic E-state index is 0.442. The predicted molar refractivity (Wildman–Crippen MR) is 79.8 cm³/mol. The van der Waals surface area contributed by atoms with Crippen LogP contribution in [0.1, 0.15) is 6.92 Å². The number of carbonyl (C=O) groups is 1. The largest absolute Gasteiger partial charge is 0.363 e. The van der Waals surface area contributed by atoms with Crippen LogP contribution in [0.5, 0.6) is 0 Å². The van der Waals surface area contributed by atoms with Crippen LogP contribution in [0.25, 0.3) is 0 Å². The third kappa shape index (κ3) is 3.88. The second kappa shape index (κ2) is 6.81. The molecule has 1 aromatic heterocycles. The van der Waals surface area contributed by atoms with Crippen LogP contribution in [0, 0.1) is 11.6 Å². The van der Waals surface area contributed by atoms with Crippen molar-refractivity contribution in [3.63, 3.8) is 0 Å². The van der Waals surface area contributed by atoms with Crippen LogP contribution in [-0.4, -0.2) is 28.4 Å². The van der Waals surface area contributed by atoms with Crippen LogP contribution in [0.2, 0.25) is 0 Å². The molecule has 0 spiro atoms. The van der Waals surface area contributed by atoms with Gasteiger partial charge in [-0.1, -0.05) is 29.2 Å². The van der Waals surface area contributed by atoms with Crippen molar-refractivity contribution in [2.45, 2.75) is 16.5 Å². The maximum atomic E-state index is 13.5. The summed E-state index contributed by atoms with van der Waals surface area (Å²) in [6.45, 7) is 1.62. The Morgan fingerprint density at radius 1 is 1.33 bits per heavy atom. The second-order valence-electron chi connectivity index (χ2n) is 3.97. The summed E-state index contributed by atoms with van der Waals surface area (Å²) in [4.78, 5) is 12.0. The predicted octanol–water partition coefficient (Wildman–Crippen LogP) is 2.98. The van der Waals surface area contributed by atoms with Gasteiger partial charge in [-0.25, -0.2) is 8.78 Å². The lowest BCUT2D eigenvalue weighted by Crippen LogP contribution is -2.23. The van der Waals surface area contributed by atoms with Gasteiger partial charge in [-0.3, -0.25) is 4.79 Å². The molecule has 5 nitrogen and oxygen atoms in total. The molecule has 1 aromatic carbocycles. The molecule has 0 bridgehead atoms. The van der Waals surface area contributed by atoms with E-state index < -0.39 is 28.5 Å². The molecule has 0 saturated heterocycles. The van der Waals surface area contributed by atoms with E-state index >= 15 is 0 Å². The quantitative estimate of drug-likeness (QED) is 0.825. The molecule has 0 aliphatic carbocycles. The van der Waals surface area contributed by atoms with Gasteiger partial charge in [0.2, 0.25) is 11.0 Å². The van der Waals surface area contributed by atoms with E-state index in [2.05, 4.69) is 20.8 Å². The summed E-state index contributed by atoms with van der Waals surface area (Å²) in [5, 5.41) is 12.9. The number of thioether (sulfide) groups is 1. The van der Waals surface area contributed by atoms with E-state index in [1.54, 1.807) is 14.0 Å². The van der Waals surface area contributed by atoms with Gasteiger partial charge in [-0.2, -0.15) is 0 Å². The van der Waals surface area contributed by atoms with Crippen molar-refractivity contribution in [3.05, 3.63) is 29.8 Å². The van der Waals surface area contributed by atoms with Gasteiger partial charge in [0.15, 0.2) is 4.34 Å². The molecule has 1 heterocycles. The lowest BCUT2D eigenvalue weighted by molar-refractivity contribution is -0.115. The molecule has 2 N–H and O–H groups in total. The highest BCUT2D eigenvalue weighted by Gasteiger charge is 2.20. The fourth-order valence-electron chi connectivity index (χ4n) is 1.41. The molecule has 21 heavy (non-hydrogen) atoms. The Morgan fingerprint density at radius 3 is 2.57 bits per heavy atom. The van der Waals surface area contributed by atoms with E-state index in [1.165, 1.54) is 29.2 Å². The molecular formula is C12H12F2N4OS2. The topological polar surface area (TPSA) is 66.9 Å². The fraction of sp³-hybridized carbons (Fsp3) is 0.250. The summed E-state index contributed by atoms with van der Waals surface area (Å²) >= 11 is 2.46. The highest BCUT2D eigenvalue weighted by molar-refractivity contribution is 8.02. The highest BCUT2D eigenvalue weighted by Crippen LogP contribution is 2.29. The number of nitrogens with zero attached hydrogens (tertiary/aromatic N) is 2. The van der Waals surface area contributed by atoms with E-state index in [4.69, 9.17) is 0 Å². The number of hydrogen-bond acceptors (Lipinski definition) is 6. The van der Waals surface area contributed by atoms with Gasteiger partial charge in [0.05, 0.1) is 5.25 Å². The maximum absolute atomic E-state index is 13.5. The number of nitrogens with one attached hydrogen (secondary N) is 2. The number of rotatable bonds is 5. The summed E-state index contributed by atoms with van der Waals surface area (Å²) in [6.07, 6.45) is 0. The Hall–Kier alpha value is -1.74. The van der Waals surface area contributed by atoms with Gasteiger partial charge in [0.1, 0.15) is 17.3 Å². The molecule has 2 aromatic rings. The Labute approximate surface area is 128 Å². The molecule has 0 fully saturated rings. The Kier molecular flexibility index (Phi) is 5.07. The highest BCUT2D eigenvalue weighted by atomic mass is 32.2. The number of benzene rings is 1. The van der Waals surface area contributed by atoms with Crippen LogP contribution in [0.15, 0.2) is 22.5 Å². The molecule has 9 heteroatoms. The fourth-order valence-corrected chi connectivity index (χ4v) is 3.25. The summed E-state index contributed by atoms with van der Waals surface area (Å²) < 4.78 is 27.5. The third-order valence-electron chi connectivity index (χ3n) is 2.48. The van der Waals surface area contributed by atoms with Crippen molar-refractivity contribution < 1.29 is 13.6 Å². The number of carbonyl (C=O) groups excluding carboxylic acids is 1. The number of hydrogen-bond donors (Lipinski definition) is 2. The molecule has 0 unspecified atom stereocenters. The van der Waals surface area contributed by atoms with E-state index in [0.717, 1.165) is 12.1 Å². The molecular weight excluding hydrogens is 318 g/mol. The molecule has 112 valence electrons. The normalized spacial score (nSPS) is 12.0. The second-order valence-corrected chi connectivity index (χ2v) is 6.53. The molecule has 0 radical (unpaired) electrons. The standard InChI is InChI=1S/C12H12F2N4OS2/c1-6(20-12-18-17-11(15-2)21-12)10(19)16-9-7(13)4-3-5-8(9)14/h3-6H,1-2H3,(H,15,17)(H,16,19)/t6-/m0/s1. The van der Waals surface area contributed by atoms with Gasteiger partial charge in [0.25, 0.3) is 0 Å². The summed E-state index contributed by atoms with van der Waals surface area (Å²) in [7, 11) is 1.71. The van der Waals surface area contributed by atoms with E-state index in [9.17, 15) is 13.6 Å². The van der Waals surface area contributed by atoms with Crippen LogP contribution >= 0.6 is 23.1 Å². The number of para-hydroxylation sites is 1. The minimum Gasteiger partial charge on any atom is -0.363 e. The van der Waals surface area contributed by atoms with Gasteiger partial charge in [-0.05, 0) is 19.1 Å². The van der Waals surface area contributed by atoms with Crippen LogP contribution in [0.3, 0.4) is 0 Å². The van der Waals surface area contributed by atoms with Crippen molar-refractivity contribution in [2.75, 3.05) is 17.7 Å². The van der Waals surface area contributed by atoms with Crippen LogP contribution in [-0.2, 0) is 4.79 Å². The molecule has 0 saturated carbocycles. The lowest BCUT2D eigenvalue weighted by Gasteiger charge is -2.11. The zero-order chi connectivity index (χ0) is 15.4. The van der Waals surface area contributed by atoms with Crippen molar-refractivity contribution >= 4 is 39.8 Å². The number of halogens is 2. The average molecular weight is 330 g/mol. The third-order valence-corrected chi connectivity index (χ3v) is 4.60. The van der Waals surface area contributed by atoms with Gasteiger partial charge >= 0.3 is 0 Å². The van der Waals surface area contributed by atoms with Crippen LogP contribution < -0.4 is 10.6 Å². The first kappa shape index (κ1) is 15.6. The van der Waals surface area contributed by atoms with E-state index in [1.807, 2.05) is 0 Å². The summed E-state index contributed by atoms with van der Waals surface area (Å²) in [5.41, 5.74) is -0.442. The van der Waals surface area contributed by atoms with E-state index in [-0.39, 0.29) is 0 Å². The van der Waals surface area contributed by atoms with Crippen molar-refractivity contribution in [2.24, 2.45) is 0 Å². The Bertz CT molecular complexity index is 630. The van der Waals surface area contributed by atoms with Crippen molar-refractivity contribution in [3.8, 4) is 0 Å². The Balaban J connectivity index is 2.02. The summed E-state index contributed by atoms with van der Waals surface area (Å²) in [5.74, 6) is -2.13. The molecule has 1 amide bonds. The zero-order valence-corrected chi connectivity index (χ0v) is 12.8. The first-order chi connectivity index (χ1) is 10.0. The monoisotopic (exact) mass is 330 g/mol. The number of aromatic nitrogens is 2. The Morgan fingerprint density at radius 2 is 2.00 bits per heavy atom. The molecule has 0 aliphatic rings. The SMILES string of the molecule is CNc1nnc(S[C@@H](C)C(=O)Nc2c(F)cccc2F)s1. The van der Waals surface area contributed by atoms with Gasteiger partial charge < -0.3 is 10.6 Å². The van der Waals surface area contributed by atoms with Gasteiger partial charge in [-0.15, -0.1) is 10.2 Å². The molecule has 1 atom stereocenters. The number of anilines is 2. The first-order valence-corrected chi connectivity index (χ1v) is 7.63. The van der Waals surface area contributed by atoms with Crippen LogP contribution in [0.4, 0.5) is 19.6 Å².